The number of thiophene rings is 1. The molecule has 311 valence electrons. The molecule has 0 saturated heterocycles. The maximum atomic E-state index is 8.44. The Morgan fingerprint density at radius 2 is 1.38 bits per heavy atom. The molecule has 61 heavy (non-hydrogen) atoms. The normalized spacial score (nSPS) is 13.1. The minimum atomic E-state index is -2.11. The first-order valence-corrected chi connectivity index (χ1v) is 25.2. The molecule has 0 bridgehead atoms. The van der Waals surface area contributed by atoms with Gasteiger partial charge in [0, 0.05) is 42.2 Å². The average molecular weight is 1010 g/mol. The summed E-state index contributed by atoms with van der Waals surface area (Å²) in [5.74, 6) is 0.968. The van der Waals surface area contributed by atoms with E-state index in [2.05, 4.69) is 142 Å². The smallest absolute Gasteiger partial charge is 0.0799 e. The number of rotatable bonds is 8. The molecule has 0 amide bonds. The molecule has 3 nitrogen and oxygen atoms in total. The van der Waals surface area contributed by atoms with Crippen molar-refractivity contribution in [1.29, 1.82) is 0 Å². The SMILES string of the molecule is [2H]C(C)(C)c1cc(-c2[c-]cccc2)ncc1[Si](C)(C)C.[2H]C([2H])([2H])c1ccc(-c2ccc3sc4c[c-]c(-c5nc6ccccc6n5-c5c(C(C)C)cccc5C(C)C)cc4c3c2)cc1.[Ir]. The number of nitrogens with zero attached hydrogens (tertiary/aromatic N) is 3. The van der Waals surface area contributed by atoms with Crippen molar-refractivity contribution >= 4 is 55.8 Å². The van der Waals surface area contributed by atoms with Crippen LogP contribution >= 0.6 is 11.3 Å². The predicted molar refractivity (Wildman–Crippen MR) is 262 cm³/mol. The van der Waals surface area contributed by atoms with Crippen LogP contribution in [0.3, 0.4) is 0 Å². The zero-order valence-electron chi connectivity index (χ0n) is 40.4. The van der Waals surface area contributed by atoms with Gasteiger partial charge in [-0.15, -0.1) is 59.7 Å². The van der Waals surface area contributed by atoms with E-state index in [1.54, 1.807) is 23.5 Å². The van der Waals surface area contributed by atoms with Gasteiger partial charge in [0.1, 0.15) is 0 Å². The van der Waals surface area contributed by atoms with Crippen LogP contribution in [0.5, 0.6) is 0 Å². The molecule has 0 atom stereocenters. The van der Waals surface area contributed by atoms with E-state index in [-0.39, 0.29) is 20.1 Å². The van der Waals surface area contributed by atoms with Gasteiger partial charge >= 0.3 is 0 Å². The van der Waals surface area contributed by atoms with Crippen LogP contribution in [0.15, 0.2) is 134 Å². The molecular weight excluding hydrogens is 955 g/mol. The summed E-state index contributed by atoms with van der Waals surface area (Å²) in [5.41, 5.74) is 12.2. The summed E-state index contributed by atoms with van der Waals surface area (Å²) in [6, 6.07) is 49.8. The zero-order chi connectivity index (χ0) is 45.7. The number of fused-ring (bicyclic) bond motifs is 4. The van der Waals surface area contributed by atoms with E-state index in [9.17, 15) is 0 Å². The molecule has 6 heteroatoms. The van der Waals surface area contributed by atoms with E-state index in [1.165, 1.54) is 42.2 Å². The first kappa shape index (κ1) is 38.9. The van der Waals surface area contributed by atoms with Gasteiger partial charge < -0.3 is 9.55 Å². The molecule has 0 N–H and O–H groups in total. The van der Waals surface area contributed by atoms with Gasteiger partial charge in [-0.25, -0.2) is 0 Å². The summed E-state index contributed by atoms with van der Waals surface area (Å²) < 4.78 is 36.3. The number of aromatic nitrogens is 3. The van der Waals surface area contributed by atoms with E-state index >= 15 is 0 Å². The fourth-order valence-corrected chi connectivity index (χ4v) is 10.7. The van der Waals surface area contributed by atoms with Crippen molar-refractivity contribution in [3.63, 3.8) is 0 Å². The third-order valence-electron chi connectivity index (χ3n) is 11.2. The molecule has 0 spiro atoms. The predicted octanol–water partition coefficient (Wildman–Crippen LogP) is 15.3. The summed E-state index contributed by atoms with van der Waals surface area (Å²) >= 11 is 1.76. The number of imidazole rings is 1. The van der Waals surface area contributed by atoms with E-state index < -0.39 is 20.8 Å². The number of benzene rings is 6. The first-order valence-electron chi connectivity index (χ1n) is 22.9. The minimum absolute atomic E-state index is 0. The van der Waals surface area contributed by atoms with Crippen LogP contribution < -0.4 is 5.19 Å². The number of hydrogen-bond acceptors (Lipinski definition) is 3. The van der Waals surface area contributed by atoms with Gasteiger partial charge in [0.05, 0.1) is 24.9 Å². The van der Waals surface area contributed by atoms with Crippen molar-refractivity contribution in [3.8, 4) is 39.5 Å². The van der Waals surface area contributed by atoms with Crippen LogP contribution in [-0.4, -0.2) is 22.6 Å². The second kappa shape index (κ2) is 18.2. The molecule has 0 saturated carbocycles. The Labute approximate surface area is 386 Å². The van der Waals surface area contributed by atoms with Crippen molar-refractivity contribution in [3.05, 3.63) is 168 Å². The molecule has 0 unspecified atom stereocenters. The largest absolute Gasteiger partial charge is 0.333 e. The third-order valence-corrected chi connectivity index (χ3v) is 14.4. The van der Waals surface area contributed by atoms with Gasteiger partial charge in [-0.2, -0.15) is 11.3 Å². The fraction of sp³-hybridized carbons (Fsp3) is 0.236. The first-order chi connectivity index (χ1) is 30.3. The van der Waals surface area contributed by atoms with Gasteiger partial charge in [0.2, 0.25) is 0 Å². The quantitative estimate of drug-likeness (QED) is 0.112. The van der Waals surface area contributed by atoms with Crippen molar-refractivity contribution in [2.45, 2.75) is 85.8 Å². The van der Waals surface area contributed by atoms with Crippen LogP contribution in [0.4, 0.5) is 0 Å². The van der Waals surface area contributed by atoms with Crippen molar-refractivity contribution in [2.24, 2.45) is 0 Å². The van der Waals surface area contributed by atoms with Gasteiger partial charge in [-0.05, 0) is 92.1 Å². The molecule has 1 radical (unpaired) electrons. The molecule has 6 aromatic carbocycles. The third kappa shape index (κ3) is 9.01. The number of pyridine rings is 1. The number of aryl methyl sites for hydroxylation is 1. The summed E-state index contributed by atoms with van der Waals surface area (Å²) in [6.07, 6.45) is 1.98. The van der Waals surface area contributed by atoms with Crippen LogP contribution in [0.1, 0.15) is 87.0 Å². The maximum absolute atomic E-state index is 8.44. The summed E-state index contributed by atoms with van der Waals surface area (Å²) in [5, 5.41) is 3.61. The second-order valence-electron chi connectivity index (χ2n) is 17.5. The number of para-hydroxylation sites is 3. The Kier molecular flexibility index (Phi) is 11.6. The maximum Gasteiger partial charge on any atom is 0.0799 e. The fourth-order valence-electron chi connectivity index (χ4n) is 8.06. The van der Waals surface area contributed by atoms with Crippen LogP contribution in [0, 0.1) is 19.0 Å². The van der Waals surface area contributed by atoms with Crippen molar-refractivity contribution < 1.29 is 25.6 Å². The van der Waals surface area contributed by atoms with E-state index in [0.717, 1.165) is 50.4 Å². The van der Waals surface area contributed by atoms with Gasteiger partial charge in [0.15, 0.2) is 0 Å². The summed E-state index contributed by atoms with van der Waals surface area (Å²) in [4.78, 5) is 9.82. The molecule has 0 aliphatic carbocycles. The molecule has 0 aliphatic rings. The molecule has 0 aliphatic heterocycles. The zero-order valence-corrected chi connectivity index (χ0v) is 40.7. The van der Waals surface area contributed by atoms with E-state index in [4.69, 9.17) is 10.5 Å². The average Bonchev–Trinajstić information content (AvgIpc) is 3.83. The van der Waals surface area contributed by atoms with Gasteiger partial charge in [0.25, 0.3) is 0 Å². The Morgan fingerprint density at radius 3 is 2.03 bits per heavy atom. The summed E-state index contributed by atoms with van der Waals surface area (Å²) in [7, 11) is -1.50. The monoisotopic (exact) mass is 1010 g/mol. The summed E-state index contributed by atoms with van der Waals surface area (Å²) in [6.45, 7) is 17.7. The van der Waals surface area contributed by atoms with Crippen LogP contribution in [0.25, 0.3) is 70.7 Å². The van der Waals surface area contributed by atoms with Gasteiger partial charge in [-0.1, -0.05) is 144 Å². The van der Waals surface area contributed by atoms with Crippen molar-refractivity contribution in [2.75, 3.05) is 0 Å². The molecule has 3 aromatic heterocycles. The minimum Gasteiger partial charge on any atom is -0.333 e. The Balaban J connectivity index is 0.000000253. The Bertz CT molecular complexity index is 3100. The molecule has 9 aromatic rings. The van der Waals surface area contributed by atoms with Crippen molar-refractivity contribution in [1.82, 2.24) is 14.5 Å². The Morgan fingerprint density at radius 1 is 0.689 bits per heavy atom. The standard InChI is InChI=1S/C38H33N2S.C17H22NSi.Ir/c1-23(2)29-9-8-10-30(24(3)4)37(29)40-34-12-7-6-11-33(34)39-38(40)28-18-20-36-32(22-28)31-21-27(17-19-35(31)41-36)26-15-13-25(5)14-16-26;1-13(2)15-11-16(14-9-7-6-8-10-14)18-12-17(15)19(3,4)5;/h6-17,19-24H,1-5H3;6-9,11-13H,1-5H3;/q2*-1;/i5D3;13D;. The van der Waals surface area contributed by atoms with Crippen LogP contribution in [-0.2, 0) is 20.1 Å². The van der Waals surface area contributed by atoms with Gasteiger partial charge in [-0.3, -0.25) is 4.98 Å². The molecule has 3 heterocycles. The van der Waals surface area contributed by atoms with E-state index in [0.29, 0.717) is 17.4 Å². The van der Waals surface area contributed by atoms with E-state index in [1.807, 2.05) is 62.5 Å². The molecule has 0 fully saturated rings. The number of hydrogen-bond donors (Lipinski definition) is 0. The van der Waals surface area contributed by atoms with Crippen LogP contribution in [0.2, 0.25) is 19.6 Å². The molecular formula is C55H55IrN3SSi-2. The second-order valence-corrected chi connectivity index (χ2v) is 23.6. The molecule has 9 rings (SSSR count). The Hall–Kier alpha value is -4.97. The topological polar surface area (TPSA) is 30.7 Å².